The van der Waals surface area contributed by atoms with Crippen molar-refractivity contribution in [2.24, 2.45) is 16.1 Å². The quantitative estimate of drug-likeness (QED) is 0.418. The Hall–Kier alpha value is -2.91. The van der Waals surface area contributed by atoms with Crippen LogP contribution in [0.25, 0.3) is 0 Å². The minimum atomic E-state index is -0.0367. The van der Waals surface area contributed by atoms with E-state index in [2.05, 4.69) is 51.6 Å². The molecule has 2 N–H and O–H groups in total. The SMILES string of the molecule is C/C=C(/SCCN1CCc2ccc(C3=NOC4(C)CC34)cc2CC1)N(C)C(=N)C1=CNC(C)C=N1.C=O. The van der Waals surface area contributed by atoms with Gasteiger partial charge in [0.2, 0.25) is 0 Å². The summed E-state index contributed by atoms with van der Waals surface area (Å²) < 4.78 is 0. The van der Waals surface area contributed by atoms with Crippen LogP contribution in [-0.4, -0.2) is 78.4 Å². The predicted octanol–water partition coefficient (Wildman–Crippen LogP) is 3.82. The molecule has 0 saturated heterocycles. The Morgan fingerprint density at radius 1 is 1.35 bits per heavy atom. The Labute approximate surface area is 224 Å². The lowest BCUT2D eigenvalue weighted by molar-refractivity contribution is -0.0980. The number of hydrogen-bond donors (Lipinski definition) is 2. The minimum absolute atomic E-state index is 0.0367. The molecule has 5 rings (SSSR count). The second-order valence-electron chi connectivity index (χ2n) is 10.1. The van der Waals surface area contributed by atoms with E-state index < -0.39 is 0 Å². The normalized spacial score (nSPS) is 26.2. The average molecular weight is 523 g/mol. The molecule has 3 atom stereocenters. The summed E-state index contributed by atoms with van der Waals surface area (Å²) in [4.78, 5) is 22.6. The third-order valence-electron chi connectivity index (χ3n) is 7.50. The summed E-state index contributed by atoms with van der Waals surface area (Å²) in [5.41, 5.74) is 5.93. The fourth-order valence-electron chi connectivity index (χ4n) is 5.01. The number of thioether (sulfide) groups is 1. The van der Waals surface area contributed by atoms with Crippen molar-refractivity contribution >= 4 is 36.3 Å². The van der Waals surface area contributed by atoms with E-state index in [0.717, 1.165) is 55.4 Å². The van der Waals surface area contributed by atoms with E-state index in [4.69, 9.17) is 15.0 Å². The van der Waals surface area contributed by atoms with Crippen molar-refractivity contribution in [3.63, 3.8) is 0 Å². The molecule has 8 nitrogen and oxygen atoms in total. The summed E-state index contributed by atoms with van der Waals surface area (Å²) in [6, 6.07) is 7.11. The first-order chi connectivity index (χ1) is 17.9. The number of aliphatic imine (C=N–C) groups is 1. The van der Waals surface area contributed by atoms with Gasteiger partial charge in [0.05, 0.1) is 22.7 Å². The minimum Gasteiger partial charge on any atom is -0.389 e. The lowest BCUT2D eigenvalue weighted by atomic mass is 9.96. The van der Waals surface area contributed by atoms with Crippen molar-refractivity contribution in [3.8, 4) is 0 Å². The molecule has 1 aromatic carbocycles. The van der Waals surface area contributed by atoms with Crippen LogP contribution in [0.1, 0.15) is 43.9 Å². The van der Waals surface area contributed by atoms with Gasteiger partial charge in [0.1, 0.15) is 18.1 Å². The lowest BCUT2D eigenvalue weighted by Gasteiger charge is -2.25. The van der Waals surface area contributed by atoms with Gasteiger partial charge in [-0.05, 0) is 50.8 Å². The molecule has 1 fully saturated rings. The number of oxime groups is 1. The summed E-state index contributed by atoms with van der Waals surface area (Å²) in [6.45, 7) is 11.4. The number of fused-ring (bicyclic) bond motifs is 2. The van der Waals surface area contributed by atoms with Gasteiger partial charge in [0.25, 0.3) is 0 Å². The first-order valence-electron chi connectivity index (χ1n) is 12.9. The summed E-state index contributed by atoms with van der Waals surface area (Å²) in [7, 11) is 1.95. The zero-order valence-electron chi connectivity index (χ0n) is 22.3. The highest BCUT2D eigenvalue weighted by atomic mass is 32.2. The number of allylic oxidation sites excluding steroid dienone is 1. The molecular formula is C28H38N6O2S. The summed E-state index contributed by atoms with van der Waals surface area (Å²) in [6.07, 6.45) is 9.02. The van der Waals surface area contributed by atoms with Gasteiger partial charge in [-0.15, -0.1) is 11.8 Å². The van der Waals surface area contributed by atoms with Gasteiger partial charge in [-0.25, -0.2) is 0 Å². The number of amidine groups is 1. The van der Waals surface area contributed by atoms with Gasteiger partial charge >= 0.3 is 0 Å². The van der Waals surface area contributed by atoms with Crippen LogP contribution in [0.15, 0.2) is 51.3 Å². The molecule has 1 saturated carbocycles. The monoisotopic (exact) mass is 522 g/mol. The zero-order chi connectivity index (χ0) is 26.6. The third-order valence-corrected chi connectivity index (χ3v) is 8.69. The molecule has 0 spiro atoms. The van der Waals surface area contributed by atoms with E-state index >= 15 is 0 Å². The van der Waals surface area contributed by atoms with Crippen LogP contribution in [0, 0.1) is 11.3 Å². The van der Waals surface area contributed by atoms with Gasteiger partial charge in [0, 0.05) is 56.8 Å². The number of nitrogens with zero attached hydrogens (tertiary/aromatic N) is 4. The van der Waals surface area contributed by atoms with Gasteiger partial charge in [0.15, 0.2) is 5.84 Å². The molecular weight excluding hydrogens is 484 g/mol. The van der Waals surface area contributed by atoms with Gasteiger partial charge in [-0.2, -0.15) is 0 Å². The van der Waals surface area contributed by atoms with E-state index in [9.17, 15) is 0 Å². The molecule has 3 unspecified atom stereocenters. The van der Waals surface area contributed by atoms with E-state index in [1.54, 1.807) is 11.8 Å². The zero-order valence-corrected chi connectivity index (χ0v) is 23.1. The van der Waals surface area contributed by atoms with Crippen LogP contribution in [0.4, 0.5) is 0 Å². The van der Waals surface area contributed by atoms with Crippen molar-refractivity contribution in [2.45, 2.75) is 51.7 Å². The highest BCUT2D eigenvalue weighted by Gasteiger charge is 2.60. The summed E-state index contributed by atoms with van der Waals surface area (Å²) in [5, 5.41) is 17.2. The Morgan fingerprint density at radius 3 is 2.73 bits per heavy atom. The molecule has 4 aliphatic rings. The van der Waals surface area contributed by atoms with Crippen molar-refractivity contribution in [3.05, 3.63) is 57.9 Å². The molecule has 37 heavy (non-hydrogen) atoms. The Bertz CT molecular complexity index is 1150. The Kier molecular flexibility index (Phi) is 8.54. The number of hydrogen-bond acceptors (Lipinski definition) is 8. The van der Waals surface area contributed by atoms with E-state index in [0.29, 0.717) is 17.5 Å². The van der Waals surface area contributed by atoms with Gasteiger partial charge in [-0.3, -0.25) is 10.4 Å². The molecule has 1 aromatic rings. The van der Waals surface area contributed by atoms with Crippen LogP contribution in [0.5, 0.6) is 0 Å². The van der Waals surface area contributed by atoms with Crippen molar-refractivity contribution in [1.29, 1.82) is 5.41 Å². The molecule has 3 heterocycles. The molecule has 198 valence electrons. The number of carbonyl (C=O) groups is 1. The number of benzene rings is 1. The van der Waals surface area contributed by atoms with Crippen molar-refractivity contribution in [1.82, 2.24) is 15.1 Å². The van der Waals surface area contributed by atoms with Crippen molar-refractivity contribution in [2.75, 3.05) is 32.4 Å². The molecule has 1 aliphatic carbocycles. The molecule has 3 aliphatic heterocycles. The van der Waals surface area contributed by atoms with Crippen LogP contribution in [0.3, 0.4) is 0 Å². The highest BCUT2D eigenvalue weighted by molar-refractivity contribution is 8.03. The standard InChI is InChI=1S/C27H36N6OS.CH2O/c1-5-24(32(4)26(28)23-17-29-18(2)16-30-23)35-13-12-33-10-8-19-6-7-21(14-20(19)9-11-33)25-22-15-27(22,3)34-31-25;1-2/h5-7,14,16-18,22,28-29H,8-13,15H2,1-4H3;1H2/b24-5+,28-26?;. The average Bonchev–Trinajstić information content (AvgIpc) is 3.55. The second kappa shape index (κ2) is 11.6. The molecule has 0 aromatic heterocycles. The topological polar surface area (TPSA) is 93.4 Å². The van der Waals surface area contributed by atoms with Gasteiger partial charge in [-0.1, -0.05) is 23.4 Å². The maximum atomic E-state index is 8.55. The molecule has 0 bridgehead atoms. The van der Waals surface area contributed by atoms with E-state index in [1.807, 2.05) is 45.0 Å². The summed E-state index contributed by atoms with van der Waals surface area (Å²) >= 11 is 1.81. The highest BCUT2D eigenvalue weighted by Crippen LogP contribution is 2.52. The van der Waals surface area contributed by atoms with Crippen LogP contribution in [0.2, 0.25) is 0 Å². The third kappa shape index (κ3) is 5.99. The predicted molar refractivity (Wildman–Crippen MR) is 152 cm³/mol. The fourth-order valence-corrected chi connectivity index (χ4v) is 6.02. The van der Waals surface area contributed by atoms with Crippen LogP contribution >= 0.6 is 11.8 Å². The van der Waals surface area contributed by atoms with Crippen LogP contribution in [-0.2, 0) is 22.5 Å². The number of nitrogens with one attached hydrogen (secondary N) is 2. The Morgan fingerprint density at radius 2 is 2.11 bits per heavy atom. The lowest BCUT2D eigenvalue weighted by Crippen LogP contribution is -2.32. The number of carbonyl (C=O) groups excluding carboxylic acids is 1. The second-order valence-corrected chi connectivity index (χ2v) is 11.2. The summed E-state index contributed by atoms with van der Waals surface area (Å²) in [5.74, 6) is 1.87. The van der Waals surface area contributed by atoms with E-state index in [-0.39, 0.29) is 11.6 Å². The first kappa shape index (κ1) is 27.1. The fraction of sp³-hybridized carbons (Fsp3) is 0.500. The first-order valence-corrected chi connectivity index (χ1v) is 13.9. The largest absolute Gasteiger partial charge is 0.389 e. The molecule has 0 radical (unpaired) electrons. The smallest absolute Gasteiger partial charge is 0.153 e. The maximum absolute atomic E-state index is 8.55. The van der Waals surface area contributed by atoms with E-state index in [1.165, 1.54) is 16.7 Å². The van der Waals surface area contributed by atoms with Gasteiger partial charge < -0.3 is 24.7 Å². The molecule has 0 amide bonds. The Balaban J connectivity index is 0.00000156. The molecule has 9 heteroatoms. The van der Waals surface area contributed by atoms with Crippen molar-refractivity contribution < 1.29 is 9.63 Å². The maximum Gasteiger partial charge on any atom is 0.153 e. The van der Waals surface area contributed by atoms with Crippen LogP contribution < -0.4 is 5.32 Å². The number of likely N-dealkylation sites (N-methyl/N-ethyl adjacent to an activating group) is 1. The number of rotatable bonds is 7.